The minimum absolute atomic E-state index is 0.0374. The van der Waals surface area contributed by atoms with Crippen LogP contribution in [0.25, 0.3) is 6.08 Å². The van der Waals surface area contributed by atoms with Crippen LogP contribution in [0.5, 0.6) is 0 Å². The van der Waals surface area contributed by atoms with Crippen LogP contribution in [0.4, 0.5) is 0 Å². The summed E-state index contributed by atoms with van der Waals surface area (Å²) >= 11 is 0. The molecule has 0 N–H and O–H groups in total. The lowest BCUT2D eigenvalue weighted by Gasteiger charge is -2.07. The van der Waals surface area contributed by atoms with Crippen molar-refractivity contribution in [2.75, 3.05) is 7.05 Å². The van der Waals surface area contributed by atoms with E-state index in [1.807, 2.05) is 55.5 Å². The van der Waals surface area contributed by atoms with Crippen molar-refractivity contribution in [3.63, 3.8) is 0 Å². The Morgan fingerprint density at radius 2 is 1.94 bits per heavy atom. The fourth-order valence-corrected chi connectivity index (χ4v) is 1.73. The molecule has 18 heavy (non-hydrogen) atoms. The monoisotopic (exact) mass is 240 g/mol. The zero-order chi connectivity index (χ0) is 13.0. The maximum Gasteiger partial charge on any atom is 0.277 e. The first-order chi connectivity index (χ1) is 8.72. The number of carbonyl (C=O) groups is 1. The molecule has 1 aromatic rings. The van der Waals surface area contributed by atoms with Crippen LogP contribution in [0.3, 0.4) is 0 Å². The fraction of sp³-hybridized carbons (Fsp3) is 0.200. The maximum absolute atomic E-state index is 11.8. The molecular weight excluding hydrogens is 224 g/mol. The standard InChI is InChI=1S/C15H16N2O/c1-3-7-13-15(18)17(2)14(16-13)11-10-12-8-5-4-6-9-12/h4-11H,3H2,1-2H3/b11-10+,13-7-. The predicted molar refractivity (Wildman–Crippen MR) is 74.1 cm³/mol. The molecule has 0 saturated heterocycles. The first-order valence-corrected chi connectivity index (χ1v) is 6.02. The van der Waals surface area contributed by atoms with E-state index in [0.717, 1.165) is 12.0 Å². The van der Waals surface area contributed by atoms with Gasteiger partial charge in [0.1, 0.15) is 11.5 Å². The highest BCUT2D eigenvalue weighted by atomic mass is 16.2. The zero-order valence-electron chi connectivity index (χ0n) is 10.6. The second-order valence-corrected chi connectivity index (χ2v) is 4.08. The van der Waals surface area contributed by atoms with E-state index in [0.29, 0.717) is 11.5 Å². The van der Waals surface area contributed by atoms with Crippen LogP contribution < -0.4 is 0 Å². The summed E-state index contributed by atoms with van der Waals surface area (Å²) in [6.45, 7) is 1.99. The lowest BCUT2D eigenvalue weighted by molar-refractivity contribution is -0.121. The third kappa shape index (κ3) is 2.56. The first kappa shape index (κ1) is 12.3. The van der Waals surface area contributed by atoms with E-state index in [4.69, 9.17) is 0 Å². The molecule has 0 radical (unpaired) electrons. The van der Waals surface area contributed by atoms with Crippen LogP contribution in [-0.2, 0) is 4.79 Å². The van der Waals surface area contributed by atoms with E-state index in [-0.39, 0.29) is 5.91 Å². The summed E-state index contributed by atoms with van der Waals surface area (Å²) < 4.78 is 0. The number of amides is 1. The molecular formula is C15H16N2O. The van der Waals surface area contributed by atoms with Crippen molar-refractivity contribution in [2.45, 2.75) is 13.3 Å². The minimum atomic E-state index is -0.0374. The highest BCUT2D eigenvalue weighted by Crippen LogP contribution is 2.15. The third-order valence-corrected chi connectivity index (χ3v) is 2.72. The van der Waals surface area contributed by atoms with Gasteiger partial charge in [-0.05, 0) is 18.1 Å². The second-order valence-electron chi connectivity index (χ2n) is 4.08. The van der Waals surface area contributed by atoms with Gasteiger partial charge < -0.3 is 0 Å². The van der Waals surface area contributed by atoms with Crippen molar-refractivity contribution in [1.82, 2.24) is 4.90 Å². The number of hydrogen-bond acceptors (Lipinski definition) is 2. The molecule has 0 saturated carbocycles. The Kier molecular flexibility index (Phi) is 3.72. The SMILES string of the molecule is CC/C=C1N=C(/C=C/c2ccccc2)N(C)C\1=O. The number of hydrogen-bond donors (Lipinski definition) is 0. The summed E-state index contributed by atoms with van der Waals surface area (Å²) in [4.78, 5) is 17.7. The van der Waals surface area contributed by atoms with E-state index >= 15 is 0 Å². The topological polar surface area (TPSA) is 32.7 Å². The van der Waals surface area contributed by atoms with Gasteiger partial charge in [-0.25, -0.2) is 4.99 Å². The maximum atomic E-state index is 11.8. The Balaban J connectivity index is 2.20. The number of allylic oxidation sites excluding steroid dienone is 1. The first-order valence-electron chi connectivity index (χ1n) is 6.02. The van der Waals surface area contributed by atoms with Crippen LogP contribution in [0.15, 0.2) is 53.2 Å². The van der Waals surface area contributed by atoms with Crippen molar-refractivity contribution in [3.8, 4) is 0 Å². The Morgan fingerprint density at radius 1 is 1.22 bits per heavy atom. The zero-order valence-corrected chi connectivity index (χ0v) is 10.6. The molecule has 2 rings (SSSR count). The lowest BCUT2D eigenvalue weighted by atomic mass is 10.2. The molecule has 92 valence electrons. The molecule has 1 aromatic carbocycles. The van der Waals surface area contributed by atoms with Crippen LogP contribution in [0, 0.1) is 0 Å². The van der Waals surface area contributed by atoms with Crippen LogP contribution in [-0.4, -0.2) is 23.7 Å². The molecule has 0 bridgehead atoms. The number of amidine groups is 1. The van der Waals surface area contributed by atoms with E-state index < -0.39 is 0 Å². The summed E-state index contributed by atoms with van der Waals surface area (Å²) in [6, 6.07) is 9.95. The molecule has 0 unspecified atom stereocenters. The Hall–Kier alpha value is -2.16. The summed E-state index contributed by atoms with van der Waals surface area (Å²) in [5.74, 6) is 0.646. The fourth-order valence-electron chi connectivity index (χ4n) is 1.73. The third-order valence-electron chi connectivity index (χ3n) is 2.72. The number of carbonyl (C=O) groups excluding carboxylic acids is 1. The molecule has 3 heteroatoms. The van der Waals surface area contributed by atoms with E-state index in [9.17, 15) is 4.79 Å². The smallest absolute Gasteiger partial charge is 0.277 e. The summed E-state index contributed by atoms with van der Waals surface area (Å²) in [5, 5.41) is 0. The molecule has 1 aliphatic heterocycles. The number of aliphatic imine (C=N–C) groups is 1. The molecule has 0 aromatic heterocycles. The van der Waals surface area contributed by atoms with Gasteiger partial charge in [0, 0.05) is 7.05 Å². The number of nitrogens with zero attached hydrogens (tertiary/aromatic N) is 2. The molecule has 0 atom stereocenters. The van der Waals surface area contributed by atoms with Gasteiger partial charge in [-0.3, -0.25) is 9.69 Å². The number of likely N-dealkylation sites (N-methyl/N-ethyl adjacent to an activating group) is 1. The summed E-state index contributed by atoms with van der Waals surface area (Å²) in [7, 11) is 1.74. The molecule has 1 aliphatic rings. The molecule has 0 fully saturated rings. The number of benzene rings is 1. The largest absolute Gasteiger partial charge is 0.294 e. The second kappa shape index (κ2) is 5.45. The molecule has 0 spiro atoms. The average Bonchev–Trinajstić information content (AvgIpc) is 2.66. The van der Waals surface area contributed by atoms with Crippen LogP contribution >= 0.6 is 0 Å². The van der Waals surface area contributed by atoms with Crippen molar-refractivity contribution in [3.05, 3.63) is 53.7 Å². The Labute approximate surface area is 107 Å². The molecule has 0 aliphatic carbocycles. The van der Waals surface area contributed by atoms with Crippen molar-refractivity contribution in [2.24, 2.45) is 4.99 Å². The molecule has 3 nitrogen and oxygen atoms in total. The van der Waals surface area contributed by atoms with Gasteiger partial charge in [0.25, 0.3) is 5.91 Å². The van der Waals surface area contributed by atoms with Gasteiger partial charge in [0.2, 0.25) is 0 Å². The summed E-state index contributed by atoms with van der Waals surface area (Å²) in [5.41, 5.74) is 1.63. The van der Waals surface area contributed by atoms with Crippen molar-refractivity contribution >= 4 is 17.8 Å². The highest BCUT2D eigenvalue weighted by molar-refractivity contribution is 6.16. The molecule has 1 amide bonds. The van der Waals surface area contributed by atoms with Crippen molar-refractivity contribution < 1.29 is 4.79 Å². The minimum Gasteiger partial charge on any atom is -0.294 e. The Bertz CT molecular complexity index is 527. The van der Waals surface area contributed by atoms with E-state index in [1.54, 1.807) is 11.9 Å². The van der Waals surface area contributed by atoms with Gasteiger partial charge in [-0.2, -0.15) is 0 Å². The van der Waals surface area contributed by atoms with Gasteiger partial charge in [-0.15, -0.1) is 0 Å². The molecule has 1 heterocycles. The lowest BCUT2D eigenvalue weighted by Crippen LogP contribution is -2.26. The van der Waals surface area contributed by atoms with E-state index in [2.05, 4.69) is 4.99 Å². The van der Waals surface area contributed by atoms with Gasteiger partial charge >= 0.3 is 0 Å². The van der Waals surface area contributed by atoms with Gasteiger partial charge in [0.15, 0.2) is 0 Å². The summed E-state index contributed by atoms with van der Waals surface area (Å²) in [6.07, 6.45) is 6.48. The number of rotatable bonds is 3. The average molecular weight is 240 g/mol. The van der Waals surface area contributed by atoms with Gasteiger partial charge in [0.05, 0.1) is 0 Å². The van der Waals surface area contributed by atoms with Crippen LogP contribution in [0.1, 0.15) is 18.9 Å². The normalized spacial score (nSPS) is 17.9. The predicted octanol–water partition coefficient (Wildman–Crippen LogP) is 2.86. The van der Waals surface area contributed by atoms with Crippen molar-refractivity contribution in [1.29, 1.82) is 0 Å². The van der Waals surface area contributed by atoms with Gasteiger partial charge in [-0.1, -0.05) is 49.4 Å². The van der Waals surface area contributed by atoms with E-state index in [1.165, 1.54) is 0 Å². The highest BCUT2D eigenvalue weighted by Gasteiger charge is 2.24. The van der Waals surface area contributed by atoms with Crippen LogP contribution in [0.2, 0.25) is 0 Å². The quantitative estimate of drug-likeness (QED) is 0.748. The Morgan fingerprint density at radius 3 is 2.61 bits per heavy atom.